The van der Waals surface area contributed by atoms with Gasteiger partial charge in [0.1, 0.15) is 0 Å². The number of rotatable bonds is 5. The lowest BCUT2D eigenvalue weighted by Crippen LogP contribution is -2.38. The molecule has 0 aliphatic heterocycles. The Bertz CT molecular complexity index is 73.7. The zero-order valence-corrected chi connectivity index (χ0v) is 7.35. The van der Waals surface area contributed by atoms with Crippen LogP contribution in [0.5, 0.6) is 0 Å². The van der Waals surface area contributed by atoms with Crippen LogP contribution in [0.25, 0.3) is 0 Å². The van der Waals surface area contributed by atoms with Gasteiger partial charge in [-0.3, -0.25) is 11.3 Å². The van der Waals surface area contributed by atoms with Crippen molar-refractivity contribution in [2.24, 2.45) is 11.8 Å². The summed E-state index contributed by atoms with van der Waals surface area (Å²) in [6.07, 6.45) is 3.76. The van der Waals surface area contributed by atoms with E-state index in [9.17, 15) is 0 Å². The molecular weight excluding hydrogens is 124 g/mol. The summed E-state index contributed by atoms with van der Waals surface area (Å²) in [6, 6.07) is 0.463. The number of hydrazine groups is 1. The minimum atomic E-state index is 0.463. The quantitative estimate of drug-likeness (QED) is 0.455. The Labute approximate surface area is 64.2 Å². The molecule has 0 fully saturated rings. The Morgan fingerprint density at radius 2 is 2.00 bits per heavy atom. The van der Waals surface area contributed by atoms with E-state index in [2.05, 4.69) is 26.2 Å². The van der Waals surface area contributed by atoms with Crippen LogP contribution in [0.2, 0.25) is 0 Å². The highest BCUT2D eigenvalue weighted by molar-refractivity contribution is 4.67. The first-order chi connectivity index (χ1) is 4.76. The molecule has 0 radical (unpaired) electrons. The molecule has 0 saturated heterocycles. The van der Waals surface area contributed by atoms with Gasteiger partial charge in [0, 0.05) is 6.04 Å². The molecule has 0 aliphatic carbocycles. The van der Waals surface area contributed by atoms with Crippen LogP contribution in [0.1, 0.15) is 40.0 Å². The number of nitrogens with two attached hydrogens (primary N) is 1. The average molecular weight is 144 g/mol. The highest BCUT2D eigenvalue weighted by Crippen LogP contribution is 2.14. The van der Waals surface area contributed by atoms with Crippen LogP contribution in [0.4, 0.5) is 0 Å². The summed E-state index contributed by atoms with van der Waals surface area (Å²) >= 11 is 0. The number of nitrogens with one attached hydrogen (secondary N) is 1. The highest BCUT2D eigenvalue weighted by atomic mass is 15.2. The molecule has 2 heteroatoms. The summed E-state index contributed by atoms with van der Waals surface area (Å²) in [4.78, 5) is 0. The fraction of sp³-hybridized carbons (Fsp3) is 1.00. The van der Waals surface area contributed by atoms with Gasteiger partial charge in [0.15, 0.2) is 0 Å². The van der Waals surface area contributed by atoms with Gasteiger partial charge in [0.25, 0.3) is 0 Å². The van der Waals surface area contributed by atoms with Crippen molar-refractivity contribution < 1.29 is 0 Å². The summed E-state index contributed by atoms with van der Waals surface area (Å²) in [7, 11) is 0. The van der Waals surface area contributed by atoms with Gasteiger partial charge in [-0.25, -0.2) is 0 Å². The molecule has 0 heterocycles. The van der Waals surface area contributed by atoms with Gasteiger partial charge in [-0.15, -0.1) is 0 Å². The van der Waals surface area contributed by atoms with Crippen molar-refractivity contribution >= 4 is 0 Å². The van der Waals surface area contributed by atoms with Gasteiger partial charge in [0.2, 0.25) is 0 Å². The second kappa shape index (κ2) is 5.69. The van der Waals surface area contributed by atoms with Crippen molar-refractivity contribution in [3.63, 3.8) is 0 Å². The first-order valence-corrected chi connectivity index (χ1v) is 4.22. The SMILES string of the molecule is CCCC(CC)C(C)NN. The number of hydrogen-bond acceptors (Lipinski definition) is 2. The van der Waals surface area contributed by atoms with Gasteiger partial charge >= 0.3 is 0 Å². The predicted octanol–water partition coefficient (Wildman–Crippen LogP) is 1.66. The van der Waals surface area contributed by atoms with E-state index in [1.165, 1.54) is 19.3 Å². The zero-order valence-electron chi connectivity index (χ0n) is 7.35. The summed E-state index contributed by atoms with van der Waals surface area (Å²) in [5.74, 6) is 6.07. The summed E-state index contributed by atoms with van der Waals surface area (Å²) in [5.41, 5.74) is 2.80. The van der Waals surface area contributed by atoms with Crippen LogP contribution in [-0.2, 0) is 0 Å². The monoisotopic (exact) mass is 144 g/mol. The maximum Gasteiger partial charge on any atom is 0.0210 e. The van der Waals surface area contributed by atoms with Gasteiger partial charge in [-0.2, -0.15) is 0 Å². The fourth-order valence-electron chi connectivity index (χ4n) is 1.31. The maximum atomic E-state index is 5.33. The smallest absolute Gasteiger partial charge is 0.0210 e. The molecule has 0 rings (SSSR count). The van der Waals surface area contributed by atoms with Crippen molar-refractivity contribution in [2.45, 2.75) is 46.1 Å². The molecule has 0 aromatic rings. The van der Waals surface area contributed by atoms with Crippen LogP contribution in [-0.4, -0.2) is 6.04 Å². The van der Waals surface area contributed by atoms with E-state index >= 15 is 0 Å². The normalized spacial score (nSPS) is 16.8. The Morgan fingerprint density at radius 3 is 2.30 bits per heavy atom. The molecule has 0 spiro atoms. The molecule has 3 N–H and O–H groups in total. The van der Waals surface area contributed by atoms with E-state index in [4.69, 9.17) is 5.84 Å². The molecular formula is C8H20N2. The molecule has 0 aliphatic rings. The second-order valence-electron chi connectivity index (χ2n) is 2.91. The first kappa shape index (κ1) is 9.92. The molecule has 10 heavy (non-hydrogen) atoms. The van der Waals surface area contributed by atoms with Gasteiger partial charge in [-0.05, 0) is 19.3 Å². The molecule has 2 unspecified atom stereocenters. The molecule has 0 amide bonds. The van der Waals surface area contributed by atoms with Crippen molar-refractivity contribution in [2.75, 3.05) is 0 Å². The largest absolute Gasteiger partial charge is 0.271 e. The Hall–Kier alpha value is -0.0800. The van der Waals surface area contributed by atoms with Crippen molar-refractivity contribution in [3.8, 4) is 0 Å². The lowest BCUT2D eigenvalue weighted by Gasteiger charge is -2.20. The average Bonchev–Trinajstić information content (AvgIpc) is 1.99. The predicted molar refractivity (Wildman–Crippen MR) is 45.5 cm³/mol. The number of hydrogen-bond donors (Lipinski definition) is 2. The lowest BCUT2D eigenvalue weighted by molar-refractivity contribution is 0.345. The van der Waals surface area contributed by atoms with Gasteiger partial charge in [0.05, 0.1) is 0 Å². The molecule has 0 aromatic heterocycles. The molecule has 0 saturated carbocycles. The minimum absolute atomic E-state index is 0.463. The molecule has 0 bridgehead atoms. The molecule has 2 nitrogen and oxygen atoms in total. The summed E-state index contributed by atoms with van der Waals surface area (Å²) in [5, 5.41) is 0. The summed E-state index contributed by atoms with van der Waals surface area (Å²) < 4.78 is 0. The topological polar surface area (TPSA) is 38.0 Å². The zero-order chi connectivity index (χ0) is 7.98. The Kier molecular flexibility index (Phi) is 5.64. The highest BCUT2D eigenvalue weighted by Gasteiger charge is 2.11. The standard InChI is InChI=1S/C8H20N2/c1-4-6-8(5-2)7(3)10-9/h7-8,10H,4-6,9H2,1-3H3. The third-order valence-corrected chi connectivity index (χ3v) is 2.15. The van der Waals surface area contributed by atoms with Crippen LogP contribution < -0.4 is 11.3 Å². The van der Waals surface area contributed by atoms with E-state index < -0.39 is 0 Å². The second-order valence-corrected chi connectivity index (χ2v) is 2.91. The molecule has 0 aromatic carbocycles. The van der Waals surface area contributed by atoms with Gasteiger partial charge < -0.3 is 0 Å². The van der Waals surface area contributed by atoms with Crippen LogP contribution >= 0.6 is 0 Å². The Morgan fingerprint density at radius 1 is 1.40 bits per heavy atom. The van der Waals surface area contributed by atoms with Crippen LogP contribution in [0.3, 0.4) is 0 Å². The first-order valence-electron chi connectivity index (χ1n) is 4.22. The fourth-order valence-corrected chi connectivity index (χ4v) is 1.31. The van der Waals surface area contributed by atoms with E-state index in [0.717, 1.165) is 5.92 Å². The maximum absolute atomic E-state index is 5.33. The summed E-state index contributed by atoms with van der Waals surface area (Å²) in [6.45, 7) is 6.57. The van der Waals surface area contributed by atoms with E-state index in [-0.39, 0.29) is 0 Å². The molecule has 2 atom stereocenters. The third-order valence-electron chi connectivity index (χ3n) is 2.15. The van der Waals surface area contributed by atoms with E-state index in [1.807, 2.05) is 0 Å². The Balaban J connectivity index is 3.56. The third kappa shape index (κ3) is 3.18. The van der Waals surface area contributed by atoms with E-state index in [0.29, 0.717) is 6.04 Å². The van der Waals surface area contributed by atoms with Crippen LogP contribution in [0.15, 0.2) is 0 Å². The lowest BCUT2D eigenvalue weighted by atomic mass is 9.94. The van der Waals surface area contributed by atoms with Crippen molar-refractivity contribution in [1.29, 1.82) is 0 Å². The van der Waals surface area contributed by atoms with Crippen LogP contribution in [0, 0.1) is 5.92 Å². The van der Waals surface area contributed by atoms with E-state index in [1.54, 1.807) is 0 Å². The van der Waals surface area contributed by atoms with Crippen molar-refractivity contribution in [3.05, 3.63) is 0 Å². The molecule has 62 valence electrons. The van der Waals surface area contributed by atoms with Gasteiger partial charge in [-0.1, -0.05) is 26.7 Å². The van der Waals surface area contributed by atoms with Crippen molar-refractivity contribution in [1.82, 2.24) is 5.43 Å². The minimum Gasteiger partial charge on any atom is -0.271 e.